The third kappa shape index (κ3) is 3.62. The molecule has 2 unspecified atom stereocenters. The topological polar surface area (TPSA) is 32.3 Å². The van der Waals surface area contributed by atoms with Crippen LogP contribution in [-0.4, -0.2) is 36.0 Å². The van der Waals surface area contributed by atoms with Gasteiger partial charge in [-0.15, -0.1) is 12.4 Å². The third-order valence-corrected chi connectivity index (χ3v) is 3.85. The van der Waals surface area contributed by atoms with Crippen LogP contribution in [0.5, 0.6) is 0 Å². The molecule has 1 saturated heterocycles. The van der Waals surface area contributed by atoms with Crippen molar-refractivity contribution in [2.45, 2.75) is 32.9 Å². The average Bonchev–Trinajstić information content (AvgIpc) is 2.35. The minimum absolute atomic E-state index is 0. The molecular weight excluding hydrogens is 283 g/mol. The number of nitrogens with zero attached hydrogens (tertiary/aromatic N) is 1. The first-order chi connectivity index (χ1) is 8.49. The molecule has 1 N–H and O–H groups in total. The smallest absolute Gasteiger partial charge is 0.254 e. The highest BCUT2D eigenvalue weighted by Gasteiger charge is 2.27. The van der Waals surface area contributed by atoms with Gasteiger partial charge in [0.05, 0.1) is 0 Å². The summed E-state index contributed by atoms with van der Waals surface area (Å²) in [6.07, 6.45) is 0. The largest absolute Gasteiger partial charge is 0.333 e. The fraction of sp³-hybridized carbons (Fsp3) is 0.500. The number of hydrogen-bond acceptors (Lipinski definition) is 2. The highest BCUT2D eigenvalue weighted by molar-refractivity contribution is 6.31. The van der Waals surface area contributed by atoms with Gasteiger partial charge in [0.2, 0.25) is 0 Å². The van der Waals surface area contributed by atoms with E-state index in [2.05, 4.69) is 19.2 Å². The summed E-state index contributed by atoms with van der Waals surface area (Å²) in [4.78, 5) is 14.4. The number of carbonyl (C=O) groups excluding carboxylic acids is 1. The van der Waals surface area contributed by atoms with E-state index in [1.54, 1.807) is 6.07 Å². The molecule has 2 atom stereocenters. The number of amides is 1. The number of aryl methyl sites for hydroxylation is 1. The van der Waals surface area contributed by atoms with Crippen LogP contribution in [-0.2, 0) is 0 Å². The van der Waals surface area contributed by atoms with Gasteiger partial charge in [0, 0.05) is 35.8 Å². The third-order valence-electron chi connectivity index (χ3n) is 3.44. The monoisotopic (exact) mass is 302 g/mol. The molecule has 0 saturated carbocycles. The quantitative estimate of drug-likeness (QED) is 0.865. The van der Waals surface area contributed by atoms with Crippen LogP contribution in [0.3, 0.4) is 0 Å². The van der Waals surface area contributed by atoms with Crippen LogP contribution in [0.4, 0.5) is 0 Å². The maximum Gasteiger partial charge on any atom is 0.254 e. The van der Waals surface area contributed by atoms with E-state index in [0.717, 1.165) is 18.7 Å². The molecule has 1 amide bonds. The second kappa shape index (κ2) is 6.60. The lowest BCUT2D eigenvalue weighted by Gasteiger charge is -2.37. The highest BCUT2D eigenvalue weighted by atomic mass is 35.5. The van der Waals surface area contributed by atoms with E-state index in [-0.39, 0.29) is 24.4 Å². The average molecular weight is 303 g/mol. The maximum atomic E-state index is 12.5. The molecule has 0 aromatic heterocycles. The molecule has 1 aromatic rings. The zero-order valence-corrected chi connectivity index (χ0v) is 13.0. The molecule has 106 valence electrons. The first-order valence-corrected chi connectivity index (χ1v) is 6.67. The van der Waals surface area contributed by atoms with Crippen LogP contribution < -0.4 is 5.32 Å². The fourth-order valence-electron chi connectivity index (χ4n) is 2.20. The predicted molar refractivity (Wildman–Crippen MR) is 81.4 cm³/mol. The summed E-state index contributed by atoms with van der Waals surface area (Å²) in [5.74, 6) is 0.0674. The second-order valence-electron chi connectivity index (χ2n) is 5.08. The summed E-state index contributed by atoms with van der Waals surface area (Å²) < 4.78 is 0. The van der Waals surface area contributed by atoms with Crippen molar-refractivity contribution < 1.29 is 4.79 Å². The molecule has 1 aliphatic heterocycles. The number of hydrogen-bond donors (Lipinski definition) is 1. The van der Waals surface area contributed by atoms with Crippen molar-refractivity contribution in [3.05, 3.63) is 34.3 Å². The molecule has 2 rings (SSSR count). The number of halogens is 2. The van der Waals surface area contributed by atoms with Crippen molar-refractivity contribution in [2.75, 3.05) is 13.1 Å². The Balaban J connectivity index is 0.00000180. The Labute approximate surface area is 125 Å². The lowest BCUT2D eigenvalue weighted by molar-refractivity contribution is 0.0616. The fourth-order valence-corrected chi connectivity index (χ4v) is 2.38. The lowest BCUT2D eigenvalue weighted by atomic mass is 10.1. The molecule has 3 nitrogen and oxygen atoms in total. The molecule has 0 aliphatic carbocycles. The number of nitrogens with one attached hydrogen (secondary N) is 1. The minimum atomic E-state index is 0. The Bertz CT molecular complexity index is 465. The number of carbonyl (C=O) groups is 1. The number of piperazine rings is 1. The van der Waals surface area contributed by atoms with Gasteiger partial charge in [0.15, 0.2) is 0 Å². The van der Waals surface area contributed by atoms with Crippen LogP contribution in [0.1, 0.15) is 29.8 Å². The summed E-state index contributed by atoms with van der Waals surface area (Å²) in [6.45, 7) is 7.67. The van der Waals surface area contributed by atoms with E-state index >= 15 is 0 Å². The zero-order valence-electron chi connectivity index (χ0n) is 11.4. The molecule has 1 fully saturated rings. The second-order valence-corrected chi connectivity index (χ2v) is 5.49. The highest BCUT2D eigenvalue weighted by Crippen LogP contribution is 2.19. The van der Waals surface area contributed by atoms with E-state index in [0.29, 0.717) is 16.6 Å². The van der Waals surface area contributed by atoms with Crippen molar-refractivity contribution in [3.63, 3.8) is 0 Å². The van der Waals surface area contributed by atoms with E-state index in [4.69, 9.17) is 11.6 Å². The molecule has 1 aromatic carbocycles. The van der Waals surface area contributed by atoms with E-state index < -0.39 is 0 Å². The van der Waals surface area contributed by atoms with Crippen LogP contribution in [0, 0.1) is 6.92 Å². The van der Waals surface area contributed by atoms with Gasteiger partial charge >= 0.3 is 0 Å². The van der Waals surface area contributed by atoms with E-state index in [1.165, 1.54) is 0 Å². The van der Waals surface area contributed by atoms with Crippen LogP contribution >= 0.6 is 24.0 Å². The van der Waals surface area contributed by atoms with Crippen molar-refractivity contribution >= 4 is 29.9 Å². The molecule has 5 heteroatoms. The van der Waals surface area contributed by atoms with Gasteiger partial charge in [0.1, 0.15) is 0 Å². The number of benzene rings is 1. The minimum Gasteiger partial charge on any atom is -0.333 e. The molecule has 0 bridgehead atoms. The van der Waals surface area contributed by atoms with Gasteiger partial charge in [-0.2, -0.15) is 0 Å². The van der Waals surface area contributed by atoms with Crippen LogP contribution in [0.25, 0.3) is 0 Å². The summed E-state index contributed by atoms with van der Waals surface area (Å²) in [7, 11) is 0. The van der Waals surface area contributed by atoms with Crippen LogP contribution in [0.15, 0.2) is 18.2 Å². The van der Waals surface area contributed by atoms with E-state index in [9.17, 15) is 4.79 Å². The van der Waals surface area contributed by atoms with E-state index in [1.807, 2.05) is 24.0 Å². The van der Waals surface area contributed by atoms with Gasteiger partial charge < -0.3 is 10.2 Å². The SMILES string of the molecule is Cc1ccc(C(=O)N2CC(C)NCC2C)cc1Cl.Cl. The first kappa shape index (κ1) is 16.3. The Morgan fingerprint density at radius 1 is 1.42 bits per heavy atom. The van der Waals surface area contributed by atoms with Gasteiger partial charge in [0.25, 0.3) is 5.91 Å². The summed E-state index contributed by atoms with van der Waals surface area (Å²) in [5, 5.41) is 4.02. The zero-order chi connectivity index (χ0) is 13.3. The van der Waals surface area contributed by atoms with Gasteiger partial charge in [-0.3, -0.25) is 4.79 Å². The standard InChI is InChI=1S/C14H19ClN2O.ClH/c1-9-4-5-12(6-13(9)15)14(18)17-8-10(2)16-7-11(17)3;/h4-6,10-11,16H,7-8H2,1-3H3;1H. The van der Waals surface area contributed by atoms with Gasteiger partial charge in [-0.05, 0) is 38.5 Å². The Kier molecular flexibility index (Phi) is 5.65. The Morgan fingerprint density at radius 3 is 2.74 bits per heavy atom. The predicted octanol–water partition coefficient (Wildman–Crippen LogP) is 2.89. The molecule has 19 heavy (non-hydrogen) atoms. The van der Waals surface area contributed by atoms with Gasteiger partial charge in [-0.1, -0.05) is 17.7 Å². The van der Waals surface area contributed by atoms with Crippen molar-refractivity contribution in [1.82, 2.24) is 10.2 Å². The summed E-state index contributed by atoms with van der Waals surface area (Å²) in [5.41, 5.74) is 1.67. The molecule has 1 aliphatic rings. The Morgan fingerprint density at radius 2 is 2.11 bits per heavy atom. The van der Waals surface area contributed by atoms with Crippen molar-refractivity contribution in [3.8, 4) is 0 Å². The van der Waals surface area contributed by atoms with Crippen molar-refractivity contribution in [2.24, 2.45) is 0 Å². The molecular formula is C14H20Cl2N2O. The van der Waals surface area contributed by atoms with Crippen LogP contribution in [0.2, 0.25) is 5.02 Å². The summed E-state index contributed by atoms with van der Waals surface area (Å²) >= 11 is 6.08. The van der Waals surface area contributed by atoms with Crippen molar-refractivity contribution in [1.29, 1.82) is 0 Å². The number of rotatable bonds is 1. The lowest BCUT2D eigenvalue weighted by Crippen LogP contribution is -2.56. The normalized spacial score (nSPS) is 22.8. The first-order valence-electron chi connectivity index (χ1n) is 6.29. The Hall–Kier alpha value is -0.770. The molecule has 0 spiro atoms. The molecule has 1 heterocycles. The van der Waals surface area contributed by atoms with Gasteiger partial charge in [-0.25, -0.2) is 0 Å². The molecule has 0 radical (unpaired) electrons. The summed E-state index contributed by atoms with van der Waals surface area (Å²) in [6, 6.07) is 6.06. The maximum absolute atomic E-state index is 12.5.